The maximum absolute atomic E-state index is 12.7. The average Bonchev–Trinajstić information content (AvgIpc) is 3.86. The van der Waals surface area contributed by atoms with Crippen LogP contribution in [-0.4, -0.2) is 79.9 Å². The van der Waals surface area contributed by atoms with Crippen LogP contribution < -0.4 is 26.6 Å². The van der Waals surface area contributed by atoms with Crippen molar-refractivity contribution in [1.29, 1.82) is 0 Å². The first-order valence-corrected chi connectivity index (χ1v) is 15.6. The molecule has 2 rings (SSSR count). The normalized spacial score (nSPS) is 13.4. The number of likely N-dealkylation sites (N-methyl/N-ethyl adjacent to an activating group) is 1. The molecule has 14 heteroatoms. The van der Waals surface area contributed by atoms with Crippen molar-refractivity contribution < 1.29 is 33.7 Å². The van der Waals surface area contributed by atoms with Crippen molar-refractivity contribution in [3.8, 4) is 0 Å². The highest BCUT2D eigenvalue weighted by molar-refractivity contribution is 5.95. The van der Waals surface area contributed by atoms with Crippen molar-refractivity contribution >= 4 is 41.9 Å². The Balaban J connectivity index is 0.00000133. The van der Waals surface area contributed by atoms with Crippen molar-refractivity contribution in [2.45, 2.75) is 59.0 Å². The van der Waals surface area contributed by atoms with E-state index in [0.717, 1.165) is 29.9 Å². The molecular formula is C35H50N6O8. The minimum atomic E-state index is -1.07. The Morgan fingerprint density at radius 3 is 2.08 bits per heavy atom. The van der Waals surface area contributed by atoms with Crippen LogP contribution in [0.1, 0.15) is 45.6 Å². The van der Waals surface area contributed by atoms with Gasteiger partial charge in [0.2, 0.25) is 23.6 Å². The molecule has 5 N–H and O–H groups in total. The molecule has 0 radical (unpaired) electrons. The summed E-state index contributed by atoms with van der Waals surface area (Å²) < 4.78 is 0. The third kappa shape index (κ3) is 20.6. The zero-order valence-electron chi connectivity index (χ0n) is 29.0. The smallest absolute Gasteiger partial charge is 0.269 e. The maximum atomic E-state index is 12.7. The quantitative estimate of drug-likeness (QED) is 0.0506. The molecule has 1 saturated carbocycles. The first kappa shape index (κ1) is 43.8. The predicted octanol–water partition coefficient (Wildman–Crippen LogP) is 2.40. The summed E-state index contributed by atoms with van der Waals surface area (Å²) in [5, 5.41) is 22.9. The number of carbonyl (C=O) groups is 6. The van der Waals surface area contributed by atoms with Gasteiger partial charge in [-0.3, -0.25) is 34.1 Å². The van der Waals surface area contributed by atoms with E-state index in [9.17, 15) is 38.9 Å². The number of nitrogens with one attached hydrogen (secondary N) is 5. The fraction of sp³-hybridized carbons (Fsp3) is 0.429. The van der Waals surface area contributed by atoms with E-state index in [0.29, 0.717) is 11.9 Å². The first-order valence-electron chi connectivity index (χ1n) is 15.6. The molecule has 268 valence electrons. The minimum Gasteiger partial charge on any atom is -0.354 e. The number of carbonyl (C=O) groups excluding carboxylic acids is 6. The van der Waals surface area contributed by atoms with Gasteiger partial charge in [0.1, 0.15) is 18.6 Å². The number of aldehydes is 2. The van der Waals surface area contributed by atoms with E-state index in [1.165, 1.54) is 37.1 Å². The van der Waals surface area contributed by atoms with Gasteiger partial charge >= 0.3 is 0 Å². The Bertz CT molecular complexity index is 1350. The number of nitrogens with zero attached hydrogens (tertiary/aromatic N) is 1. The zero-order chi connectivity index (χ0) is 37.4. The van der Waals surface area contributed by atoms with Gasteiger partial charge in [0, 0.05) is 36.6 Å². The number of hydrogen-bond acceptors (Lipinski definition) is 9. The van der Waals surface area contributed by atoms with Crippen LogP contribution in [0.4, 0.5) is 5.69 Å². The molecule has 2 atom stereocenters. The lowest BCUT2D eigenvalue weighted by Crippen LogP contribution is -2.52. The number of allylic oxidation sites excluding steroid dienone is 4. The summed E-state index contributed by atoms with van der Waals surface area (Å²) in [7, 11) is 1.64. The molecule has 0 aromatic heterocycles. The zero-order valence-corrected chi connectivity index (χ0v) is 29.0. The summed E-state index contributed by atoms with van der Waals surface area (Å²) in [6, 6.07) is 4.89. The molecule has 0 saturated heterocycles. The van der Waals surface area contributed by atoms with Gasteiger partial charge in [-0.2, -0.15) is 0 Å². The summed E-state index contributed by atoms with van der Waals surface area (Å²) in [6.07, 6.45) is 10.8. The summed E-state index contributed by atoms with van der Waals surface area (Å²) in [6.45, 7) is 14.4. The van der Waals surface area contributed by atoms with Gasteiger partial charge in [0.25, 0.3) is 5.69 Å². The Labute approximate surface area is 288 Å². The summed E-state index contributed by atoms with van der Waals surface area (Å²) in [4.78, 5) is 79.9. The van der Waals surface area contributed by atoms with Crippen molar-refractivity contribution in [3.63, 3.8) is 0 Å². The molecule has 1 aliphatic carbocycles. The molecule has 0 bridgehead atoms. The Morgan fingerprint density at radius 1 is 1.02 bits per heavy atom. The van der Waals surface area contributed by atoms with E-state index in [4.69, 9.17) is 0 Å². The summed E-state index contributed by atoms with van der Waals surface area (Å²) >= 11 is 0. The molecule has 14 nitrogen and oxygen atoms in total. The number of amides is 4. The third-order valence-corrected chi connectivity index (χ3v) is 7.00. The van der Waals surface area contributed by atoms with Crippen LogP contribution in [0.15, 0.2) is 73.4 Å². The van der Waals surface area contributed by atoms with Crippen LogP contribution >= 0.6 is 0 Å². The fourth-order valence-corrected chi connectivity index (χ4v) is 3.68. The van der Waals surface area contributed by atoms with Crippen LogP contribution in [0.5, 0.6) is 0 Å². The molecule has 1 aromatic carbocycles. The standard InChI is InChI=1S/C24H35N5O6.C7H7NO2.C4H8/c1-6-9-17(7-2)12-18(29-22(34)14-26-20(32)10-8-11-30)23(35)27-13-21(33)28-16-24(3,4)19(15-31)25-5;1-6-2-4-7(5-3-6)8(9)10;1-4-2-3-4/h6-11,15,18-19,25H,1-2,12-14,16H2,3-5H3,(H,26,32)(H,27,35)(H,28,33)(H,29,34);2-5H,1H3;4H,2-3H2,1H3/b10-8-,17-9+;;/t18-,19+;;/m0../s1. The number of aryl methyl sites for hydroxylation is 1. The van der Waals surface area contributed by atoms with Crippen molar-refractivity contribution in [1.82, 2.24) is 26.6 Å². The van der Waals surface area contributed by atoms with E-state index in [1.54, 1.807) is 25.3 Å². The van der Waals surface area contributed by atoms with Crippen LogP contribution in [0.3, 0.4) is 0 Å². The van der Waals surface area contributed by atoms with Gasteiger partial charge in [0.05, 0.1) is 24.1 Å². The molecule has 0 heterocycles. The molecule has 4 amide bonds. The lowest BCUT2D eigenvalue weighted by Gasteiger charge is -2.30. The first-order chi connectivity index (χ1) is 23.1. The second-order valence-electron chi connectivity index (χ2n) is 11.9. The molecule has 1 fully saturated rings. The van der Waals surface area contributed by atoms with Gasteiger partial charge in [-0.25, -0.2) is 0 Å². The van der Waals surface area contributed by atoms with Gasteiger partial charge in [0.15, 0.2) is 0 Å². The summed E-state index contributed by atoms with van der Waals surface area (Å²) in [5.74, 6) is -1.32. The molecule has 49 heavy (non-hydrogen) atoms. The fourth-order valence-electron chi connectivity index (χ4n) is 3.68. The van der Waals surface area contributed by atoms with Gasteiger partial charge in [-0.1, -0.05) is 82.7 Å². The maximum Gasteiger partial charge on any atom is 0.269 e. The number of hydrogen-bond donors (Lipinski definition) is 5. The predicted molar refractivity (Wildman–Crippen MR) is 188 cm³/mol. The third-order valence-electron chi connectivity index (χ3n) is 7.00. The van der Waals surface area contributed by atoms with Crippen LogP contribution in [0.25, 0.3) is 0 Å². The number of nitro benzene ring substituents is 1. The number of rotatable bonds is 18. The number of non-ortho nitro benzene ring substituents is 1. The Morgan fingerprint density at radius 2 is 1.61 bits per heavy atom. The van der Waals surface area contributed by atoms with E-state index < -0.39 is 52.6 Å². The minimum absolute atomic E-state index is 0.0594. The SMILES string of the molecule is C=C/C=C(\C=C)C[C@H](NC(=O)CNC(=O)/C=C\C=O)C(=O)NCC(=O)NCC(C)(C)[C@@H](C=O)NC.CC1CC1.Cc1ccc([N+](=O)[O-])cc1. The summed E-state index contributed by atoms with van der Waals surface area (Å²) in [5.41, 5.74) is 1.22. The monoisotopic (exact) mass is 682 g/mol. The Hall–Kier alpha value is -5.24. The number of nitro groups is 1. The van der Waals surface area contributed by atoms with Crippen molar-refractivity contribution in [2.75, 3.05) is 26.7 Å². The van der Waals surface area contributed by atoms with E-state index >= 15 is 0 Å². The van der Waals surface area contributed by atoms with Gasteiger partial charge < -0.3 is 31.4 Å². The molecule has 0 aliphatic heterocycles. The van der Waals surface area contributed by atoms with Crippen LogP contribution in [0, 0.1) is 28.4 Å². The van der Waals surface area contributed by atoms with Crippen LogP contribution in [-0.2, 0) is 28.8 Å². The van der Waals surface area contributed by atoms with Crippen molar-refractivity contribution in [3.05, 3.63) is 89.1 Å². The molecule has 1 aliphatic rings. The van der Waals surface area contributed by atoms with Gasteiger partial charge in [-0.15, -0.1) is 0 Å². The topological polar surface area (TPSA) is 206 Å². The second kappa shape index (κ2) is 24.0. The lowest BCUT2D eigenvalue weighted by molar-refractivity contribution is -0.384. The lowest BCUT2D eigenvalue weighted by atomic mass is 9.85. The van der Waals surface area contributed by atoms with E-state index in [-0.39, 0.29) is 25.2 Å². The second-order valence-corrected chi connectivity index (χ2v) is 11.9. The molecule has 0 unspecified atom stereocenters. The largest absolute Gasteiger partial charge is 0.354 e. The molecule has 1 aromatic rings. The van der Waals surface area contributed by atoms with E-state index in [2.05, 4.69) is 46.7 Å². The number of benzene rings is 1. The average molecular weight is 683 g/mol. The molecular weight excluding hydrogens is 632 g/mol. The van der Waals surface area contributed by atoms with E-state index in [1.807, 2.05) is 20.8 Å². The highest BCUT2D eigenvalue weighted by Gasteiger charge is 2.29. The van der Waals surface area contributed by atoms with Gasteiger partial charge in [-0.05, 0) is 31.5 Å². The highest BCUT2D eigenvalue weighted by Crippen LogP contribution is 2.26. The highest BCUT2D eigenvalue weighted by atomic mass is 16.6. The van der Waals surface area contributed by atoms with Crippen molar-refractivity contribution in [2.24, 2.45) is 11.3 Å². The molecule has 0 spiro atoms. The van der Waals surface area contributed by atoms with Crippen LogP contribution in [0.2, 0.25) is 0 Å². The Kier molecular flexibility index (Phi) is 21.4.